The Bertz CT molecular complexity index is 1130. The maximum Gasteiger partial charge on any atom is 0.490 e. The van der Waals surface area contributed by atoms with Crippen molar-refractivity contribution >= 4 is 22.6 Å². The fraction of sp³-hybridized carbons (Fsp3) is 0.286. The number of hydrogen-bond acceptors (Lipinski definition) is 5. The zero-order valence-electron chi connectivity index (χ0n) is 16.5. The minimum absolute atomic E-state index is 0.475. The number of nitrogens with zero attached hydrogens (tertiary/aromatic N) is 2. The largest absolute Gasteiger partial charge is 0.490 e. The van der Waals surface area contributed by atoms with Crippen LogP contribution in [0.25, 0.3) is 22.2 Å². The van der Waals surface area contributed by atoms with Crippen molar-refractivity contribution in [2.75, 3.05) is 18.4 Å². The lowest BCUT2D eigenvalue weighted by atomic mass is 10.1. The van der Waals surface area contributed by atoms with Gasteiger partial charge in [-0.2, -0.15) is 18.4 Å². The molecule has 0 spiro atoms. The molecule has 7 nitrogen and oxygen atoms in total. The van der Waals surface area contributed by atoms with E-state index >= 15 is 0 Å². The van der Waals surface area contributed by atoms with Crippen molar-refractivity contribution in [2.24, 2.45) is 0 Å². The number of nitriles is 1. The van der Waals surface area contributed by atoms with Gasteiger partial charge in [-0.1, -0.05) is 12.1 Å². The summed E-state index contributed by atoms with van der Waals surface area (Å²) in [6, 6.07) is 12.6. The number of anilines is 1. The van der Waals surface area contributed by atoms with Crippen molar-refractivity contribution in [1.82, 2.24) is 15.3 Å². The Morgan fingerprint density at radius 1 is 1.32 bits per heavy atom. The van der Waals surface area contributed by atoms with Gasteiger partial charge in [-0.15, -0.1) is 0 Å². The van der Waals surface area contributed by atoms with Crippen LogP contribution in [-0.4, -0.2) is 46.4 Å². The van der Waals surface area contributed by atoms with Crippen LogP contribution in [0.3, 0.4) is 0 Å². The molecule has 2 aromatic heterocycles. The van der Waals surface area contributed by atoms with Crippen LogP contribution in [0.2, 0.25) is 0 Å². The molecule has 1 aliphatic rings. The summed E-state index contributed by atoms with van der Waals surface area (Å²) in [5.41, 5.74) is 5.55. The number of halogens is 3. The quantitative estimate of drug-likeness (QED) is 0.501. The Balaban J connectivity index is 0.000000339. The first kappa shape index (κ1) is 22.1. The maximum atomic E-state index is 10.6. The molecule has 10 heteroatoms. The van der Waals surface area contributed by atoms with Crippen molar-refractivity contribution in [1.29, 1.82) is 5.26 Å². The van der Waals surface area contributed by atoms with Crippen molar-refractivity contribution < 1.29 is 23.1 Å². The molecular formula is C21H20F3N5O2. The Morgan fingerprint density at radius 3 is 2.65 bits per heavy atom. The molecule has 1 saturated heterocycles. The number of carbonyl (C=O) groups is 1. The third-order valence-corrected chi connectivity index (χ3v) is 4.86. The van der Waals surface area contributed by atoms with Crippen molar-refractivity contribution in [2.45, 2.75) is 25.6 Å². The lowest BCUT2D eigenvalue weighted by molar-refractivity contribution is -0.192. The van der Waals surface area contributed by atoms with Gasteiger partial charge in [-0.05, 0) is 38.1 Å². The predicted octanol–water partition coefficient (Wildman–Crippen LogP) is 3.82. The van der Waals surface area contributed by atoms with Gasteiger partial charge in [0.1, 0.15) is 6.07 Å². The second-order valence-corrected chi connectivity index (χ2v) is 7.01. The molecule has 1 fully saturated rings. The normalized spacial score (nSPS) is 15.8. The molecule has 0 amide bonds. The molecule has 4 rings (SSSR count). The van der Waals surface area contributed by atoms with Crippen LogP contribution >= 0.6 is 0 Å². The monoisotopic (exact) mass is 431 g/mol. The van der Waals surface area contributed by atoms with E-state index in [-0.39, 0.29) is 0 Å². The van der Waals surface area contributed by atoms with Gasteiger partial charge in [0.25, 0.3) is 0 Å². The van der Waals surface area contributed by atoms with Crippen LogP contribution in [0.1, 0.15) is 17.7 Å². The first-order valence-corrected chi connectivity index (χ1v) is 9.46. The number of para-hydroxylation sites is 1. The van der Waals surface area contributed by atoms with Crippen LogP contribution < -0.4 is 10.6 Å². The molecule has 0 saturated carbocycles. The summed E-state index contributed by atoms with van der Waals surface area (Å²) >= 11 is 0. The van der Waals surface area contributed by atoms with E-state index in [9.17, 15) is 18.4 Å². The van der Waals surface area contributed by atoms with E-state index in [4.69, 9.17) is 14.9 Å². The zero-order chi connectivity index (χ0) is 22.6. The zero-order valence-corrected chi connectivity index (χ0v) is 16.5. The summed E-state index contributed by atoms with van der Waals surface area (Å²) in [5.74, 6) is -2.76. The fourth-order valence-corrected chi connectivity index (χ4v) is 3.32. The Hall–Kier alpha value is -3.58. The smallest absolute Gasteiger partial charge is 0.475 e. The number of rotatable bonds is 3. The number of aromatic nitrogens is 2. The average Bonchev–Trinajstić information content (AvgIpc) is 3.39. The summed E-state index contributed by atoms with van der Waals surface area (Å²) < 4.78 is 31.7. The number of aryl methyl sites for hydroxylation is 1. The summed E-state index contributed by atoms with van der Waals surface area (Å²) in [6.07, 6.45) is -2.01. The number of fused-ring (bicyclic) bond motifs is 1. The third kappa shape index (κ3) is 5.13. The first-order valence-electron chi connectivity index (χ1n) is 9.46. The number of hydrogen-bond donors (Lipinski definition) is 4. The maximum absolute atomic E-state index is 10.6. The van der Waals surface area contributed by atoms with E-state index in [0.717, 1.165) is 53.1 Å². The molecule has 1 unspecified atom stereocenters. The minimum atomic E-state index is -5.08. The summed E-state index contributed by atoms with van der Waals surface area (Å²) in [6.45, 7) is 4.10. The number of nitrogens with one attached hydrogen (secondary N) is 3. The van der Waals surface area contributed by atoms with Gasteiger partial charge >= 0.3 is 12.1 Å². The molecular weight excluding hydrogens is 411 g/mol. The first-order chi connectivity index (χ1) is 14.7. The van der Waals surface area contributed by atoms with E-state index in [1.807, 2.05) is 37.4 Å². The third-order valence-electron chi connectivity index (χ3n) is 4.86. The van der Waals surface area contributed by atoms with Gasteiger partial charge in [0, 0.05) is 29.7 Å². The highest BCUT2D eigenvalue weighted by atomic mass is 19.4. The van der Waals surface area contributed by atoms with Crippen LogP contribution in [-0.2, 0) is 4.79 Å². The number of carboxylic acid groups (broad SMARTS) is 1. The number of aromatic amines is 1. The second kappa shape index (κ2) is 9.06. The average molecular weight is 431 g/mol. The summed E-state index contributed by atoms with van der Waals surface area (Å²) in [4.78, 5) is 16.9. The van der Waals surface area contributed by atoms with Crippen LogP contribution in [0.5, 0.6) is 0 Å². The highest BCUT2D eigenvalue weighted by Gasteiger charge is 2.38. The number of benzene rings is 1. The predicted molar refractivity (Wildman–Crippen MR) is 110 cm³/mol. The molecule has 0 radical (unpaired) electrons. The molecule has 1 atom stereocenters. The van der Waals surface area contributed by atoms with Crippen molar-refractivity contribution in [3.63, 3.8) is 0 Å². The van der Waals surface area contributed by atoms with Gasteiger partial charge in [0.05, 0.1) is 28.2 Å². The SMILES string of the molecule is Cc1nc(-c2c[nH]c3c(C#N)cccc23)ccc1NC1CCNC1.O=C(O)C(F)(F)F. The second-order valence-electron chi connectivity index (χ2n) is 7.01. The summed E-state index contributed by atoms with van der Waals surface area (Å²) in [5, 5.41) is 24.3. The molecule has 31 heavy (non-hydrogen) atoms. The lowest BCUT2D eigenvalue weighted by Gasteiger charge is -2.15. The Labute approximate surface area is 175 Å². The number of carboxylic acids is 1. The highest BCUT2D eigenvalue weighted by molar-refractivity contribution is 5.97. The standard InChI is InChI=1S/C19H19N5.C2HF3O2/c1-12-17(24-14-7-8-21-10-14)5-6-18(23-12)16-11-22-19-13(9-20)3-2-4-15(16)19;3-2(4,5)1(6)7/h2-6,11,14,21-22,24H,7-8,10H2,1H3;(H,6,7). The van der Waals surface area contributed by atoms with E-state index < -0.39 is 12.1 Å². The minimum Gasteiger partial charge on any atom is -0.475 e. The molecule has 3 heterocycles. The fourth-order valence-electron chi connectivity index (χ4n) is 3.32. The molecule has 1 aromatic carbocycles. The number of alkyl halides is 3. The van der Waals surface area contributed by atoms with Gasteiger partial charge < -0.3 is 20.7 Å². The molecule has 3 aromatic rings. The Morgan fingerprint density at radius 2 is 2.06 bits per heavy atom. The molecule has 1 aliphatic heterocycles. The molecule has 4 N–H and O–H groups in total. The van der Waals surface area contributed by atoms with Crippen LogP contribution in [0, 0.1) is 18.3 Å². The lowest BCUT2D eigenvalue weighted by Crippen LogP contribution is -2.22. The number of pyridine rings is 1. The van der Waals surface area contributed by atoms with E-state index in [0.29, 0.717) is 11.6 Å². The highest BCUT2D eigenvalue weighted by Crippen LogP contribution is 2.30. The van der Waals surface area contributed by atoms with Gasteiger partial charge in [-0.3, -0.25) is 4.98 Å². The van der Waals surface area contributed by atoms with E-state index in [2.05, 4.69) is 27.8 Å². The van der Waals surface area contributed by atoms with Crippen molar-refractivity contribution in [3.05, 3.63) is 47.8 Å². The van der Waals surface area contributed by atoms with E-state index in [1.165, 1.54) is 0 Å². The molecule has 162 valence electrons. The van der Waals surface area contributed by atoms with E-state index in [1.54, 1.807) is 0 Å². The van der Waals surface area contributed by atoms with Gasteiger partial charge in [0.2, 0.25) is 0 Å². The number of H-pyrrole nitrogens is 1. The Kier molecular flexibility index (Phi) is 6.46. The van der Waals surface area contributed by atoms with Crippen LogP contribution in [0.15, 0.2) is 36.5 Å². The molecule has 0 bridgehead atoms. The molecule has 0 aliphatic carbocycles. The van der Waals surface area contributed by atoms with Crippen molar-refractivity contribution in [3.8, 4) is 17.3 Å². The van der Waals surface area contributed by atoms with Crippen LogP contribution in [0.4, 0.5) is 18.9 Å². The number of aliphatic carboxylic acids is 1. The van der Waals surface area contributed by atoms with Gasteiger partial charge in [-0.25, -0.2) is 4.79 Å². The topological polar surface area (TPSA) is 114 Å². The summed E-state index contributed by atoms with van der Waals surface area (Å²) in [7, 11) is 0. The van der Waals surface area contributed by atoms with Gasteiger partial charge in [0.15, 0.2) is 0 Å².